The number of anilines is 1. The van der Waals surface area contributed by atoms with Crippen molar-refractivity contribution in [3.63, 3.8) is 0 Å². The molecule has 0 saturated carbocycles. The van der Waals surface area contributed by atoms with Crippen LogP contribution in [-0.2, 0) is 0 Å². The van der Waals surface area contributed by atoms with Crippen LogP contribution in [0.25, 0.3) is 0 Å². The molecule has 1 aromatic heterocycles. The van der Waals surface area contributed by atoms with Crippen molar-refractivity contribution in [2.24, 2.45) is 0 Å². The van der Waals surface area contributed by atoms with Gasteiger partial charge in [0.25, 0.3) is 0 Å². The first kappa shape index (κ1) is 17.4. The van der Waals surface area contributed by atoms with Gasteiger partial charge < -0.3 is 4.74 Å². The molecule has 0 spiro atoms. The van der Waals surface area contributed by atoms with E-state index in [2.05, 4.69) is 4.98 Å². The van der Waals surface area contributed by atoms with Crippen LogP contribution in [0, 0.1) is 10.1 Å². The molecule has 0 unspecified atom stereocenters. The summed E-state index contributed by atoms with van der Waals surface area (Å²) >= 11 is 0. The molecule has 0 saturated heterocycles. The zero-order valence-corrected chi connectivity index (χ0v) is 12.3. The number of nitro groups is 1. The number of nitrogens with zero attached hydrogens (tertiary/aromatic N) is 4. The molecule has 0 aliphatic rings. The van der Waals surface area contributed by atoms with Crippen LogP contribution >= 0.6 is 12.4 Å². The van der Waals surface area contributed by atoms with Gasteiger partial charge in [-0.05, 0) is 6.42 Å². The number of aromatic nitrogens is 1. The van der Waals surface area contributed by atoms with Crippen molar-refractivity contribution in [2.45, 2.75) is 13.3 Å². The lowest BCUT2D eigenvalue weighted by Gasteiger charge is -2.29. The summed E-state index contributed by atoms with van der Waals surface area (Å²) in [4.78, 5) is 14.8. The van der Waals surface area contributed by atoms with E-state index in [0.717, 1.165) is 6.42 Å². The van der Waals surface area contributed by atoms with Crippen molar-refractivity contribution in [3.05, 3.63) is 22.2 Å². The van der Waals surface area contributed by atoms with E-state index in [9.17, 15) is 10.1 Å². The molecule has 19 heavy (non-hydrogen) atoms. The van der Waals surface area contributed by atoms with Crippen LogP contribution < -0.4 is 9.75 Å². The van der Waals surface area contributed by atoms with Crippen molar-refractivity contribution >= 4 is 23.9 Å². The topological polar surface area (TPSA) is 71.7 Å². The number of hydrogen-bond donors (Lipinski definition) is 0. The summed E-state index contributed by atoms with van der Waals surface area (Å²) < 4.78 is 5.02. The maximum absolute atomic E-state index is 11.0. The van der Waals surface area contributed by atoms with Crippen LogP contribution in [0.4, 0.5) is 11.5 Å². The third-order valence-corrected chi connectivity index (χ3v) is 2.40. The molecule has 8 heteroatoms. The van der Waals surface area contributed by atoms with Crippen LogP contribution in [0.1, 0.15) is 13.3 Å². The normalized spacial score (nSPS) is 9.95. The highest BCUT2D eigenvalue weighted by Gasteiger charge is 2.23. The molecule has 0 aliphatic carbocycles. The first-order valence-electron chi connectivity index (χ1n) is 5.65. The molecular weight excluding hydrogens is 272 g/mol. The van der Waals surface area contributed by atoms with E-state index in [-0.39, 0.29) is 18.1 Å². The fraction of sp³-hybridized carbons (Fsp3) is 0.545. The SMILES string of the molecule is CCCN(c1nc(OC)ccc1[N+](=O)[O-])N(C)C.Cl. The quantitative estimate of drug-likeness (QED) is 0.590. The maximum Gasteiger partial charge on any atom is 0.313 e. The summed E-state index contributed by atoms with van der Waals surface area (Å²) in [6.07, 6.45) is 0.855. The molecule has 0 amide bonds. The Morgan fingerprint density at radius 1 is 1.42 bits per heavy atom. The van der Waals surface area contributed by atoms with Gasteiger partial charge >= 0.3 is 5.69 Å². The molecule has 0 atom stereocenters. The molecule has 0 N–H and O–H groups in total. The summed E-state index contributed by atoms with van der Waals surface area (Å²) in [6, 6.07) is 2.90. The Bertz CT molecular complexity index is 428. The van der Waals surface area contributed by atoms with E-state index in [1.54, 1.807) is 10.0 Å². The average Bonchev–Trinajstić information content (AvgIpc) is 2.34. The fourth-order valence-corrected chi connectivity index (χ4v) is 1.58. The van der Waals surface area contributed by atoms with E-state index < -0.39 is 4.92 Å². The number of pyridine rings is 1. The van der Waals surface area contributed by atoms with Gasteiger partial charge in [-0.25, -0.2) is 5.01 Å². The van der Waals surface area contributed by atoms with Gasteiger partial charge in [-0.15, -0.1) is 12.4 Å². The number of hydrogen-bond acceptors (Lipinski definition) is 6. The molecule has 108 valence electrons. The Balaban J connectivity index is 0.00000324. The molecule has 0 bridgehead atoms. The highest BCUT2D eigenvalue weighted by atomic mass is 35.5. The van der Waals surface area contributed by atoms with Gasteiger partial charge in [0, 0.05) is 32.8 Å². The van der Waals surface area contributed by atoms with Crippen LogP contribution in [0.3, 0.4) is 0 Å². The minimum atomic E-state index is -0.437. The van der Waals surface area contributed by atoms with E-state index >= 15 is 0 Å². The van der Waals surface area contributed by atoms with E-state index in [0.29, 0.717) is 18.2 Å². The van der Waals surface area contributed by atoms with Crippen LogP contribution in [0.15, 0.2) is 12.1 Å². The third kappa shape index (κ3) is 4.22. The summed E-state index contributed by atoms with van der Waals surface area (Å²) in [5.74, 6) is 0.657. The second-order valence-electron chi connectivity index (χ2n) is 3.92. The van der Waals surface area contributed by atoms with E-state index in [1.807, 2.05) is 21.0 Å². The van der Waals surface area contributed by atoms with Crippen LogP contribution in [0.2, 0.25) is 0 Å². The highest BCUT2D eigenvalue weighted by Crippen LogP contribution is 2.28. The van der Waals surface area contributed by atoms with Gasteiger partial charge in [-0.3, -0.25) is 15.1 Å². The van der Waals surface area contributed by atoms with Crippen molar-refractivity contribution in [2.75, 3.05) is 32.8 Å². The molecule has 7 nitrogen and oxygen atoms in total. The number of halogens is 1. The minimum absolute atomic E-state index is 0. The van der Waals surface area contributed by atoms with E-state index in [4.69, 9.17) is 4.74 Å². The second kappa shape index (κ2) is 7.75. The average molecular weight is 291 g/mol. The Kier molecular flexibility index (Phi) is 7.10. The Morgan fingerprint density at radius 2 is 2.05 bits per heavy atom. The summed E-state index contributed by atoms with van der Waals surface area (Å²) in [5.41, 5.74) is -0.0297. The third-order valence-electron chi connectivity index (χ3n) is 2.40. The smallest absolute Gasteiger partial charge is 0.313 e. The van der Waals surface area contributed by atoms with Crippen LogP contribution in [-0.4, -0.2) is 42.7 Å². The number of methoxy groups -OCH3 is 1. The summed E-state index contributed by atoms with van der Waals surface area (Å²) in [7, 11) is 5.12. The zero-order valence-electron chi connectivity index (χ0n) is 11.5. The van der Waals surface area contributed by atoms with Gasteiger partial charge in [0.1, 0.15) is 0 Å². The highest BCUT2D eigenvalue weighted by molar-refractivity contribution is 5.85. The molecule has 1 heterocycles. The number of hydrazine groups is 1. The molecule has 0 fully saturated rings. The number of rotatable bonds is 6. The summed E-state index contributed by atoms with van der Waals surface area (Å²) in [5, 5.41) is 14.6. The Hall–Kier alpha value is -1.60. The van der Waals surface area contributed by atoms with Gasteiger partial charge in [0.2, 0.25) is 11.7 Å². The Labute approximate surface area is 118 Å². The maximum atomic E-state index is 11.0. The lowest BCUT2D eigenvalue weighted by molar-refractivity contribution is -0.384. The minimum Gasteiger partial charge on any atom is -0.481 e. The number of ether oxygens (including phenoxy) is 1. The molecule has 1 rings (SSSR count). The van der Waals surface area contributed by atoms with Gasteiger partial charge in [0.15, 0.2) is 0 Å². The Morgan fingerprint density at radius 3 is 2.47 bits per heavy atom. The monoisotopic (exact) mass is 290 g/mol. The first-order chi connectivity index (χ1) is 8.51. The van der Waals surface area contributed by atoms with Crippen molar-refractivity contribution in [1.82, 2.24) is 9.99 Å². The zero-order chi connectivity index (χ0) is 13.7. The standard InChI is InChI=1S/C11H18N4O3.ClH/c1-5-8-14(13(2)3)11-9(15(16)17)6-7-10(12-11)18-4;/h6-7H,5,8H2,1-4H3;1H. The second-order valence-corrected chi connectivity index (χ2v) is 3.92. The lowest BCUT2D eigenvalue weighted by atomic mass is 10.3. The molecule has 0 radical (unpaired) electrons. The van der Waals surface area contributed by atoms with E-state index in [1.165, 1.54) is 19.2 Å². The predicted octanol–water partition coefficient (Wildman–Crippen LogP) is 2.11. The van der Waals surface area contributed by atoms with Crippen molar-refractivity contribution in [1.29, 1.82) is 0 Å². The largest absolute Gasteiger partial charge is 0.481 e. The lowest BCUT2D eigenvalue weighted by Crippen LogP contribution is -2.38. The molecule has 0 aromatic carbocycles. The summed E-state index contributed by atoms with van der Waals surface area (Å²) in [6.45, 7) is 2.65. The van der Waals surface area contributed by atoms with Gasteiger partial charge in [-0.1, -0.05) is 6.92 Å². The van der Waals surface area contributed by atoms with Gasteiger partial charge in [-0.2, -0.15) is 4.98 Å². The van der Waals surface area contributed by atoms with Crippen LogP contribution in [0.5, 0.6) is 5.88 Å². The van der Waals surface area contributed by atoms with Crippen molar-refractivity contribution in [3.8, 4) is 5.88 Å². The molecular formula is C11H19ClN4O3. The molecule has 0 aliphatic heterocycles. The first-order valence-corrected chi connectivity index (χ1v) is 5.65. The van der Waals surface area contributed by atoms with Crippen molar-refractivity contribution < 1.29 is 9.66 Å². The molecule has 1 aromatic rings. The van der Waals surface area contributed by atoms with Gasteiger partial charge in [0.05, 0.1) is 12.0 Å². The predicted molar refractivity (Wildman–Crippen MR) is 76.0 cm³/mol. The fourth-order valence-electron chi connectivity index (χ4n) is 1.58.